The van der Waals surface area contributed by atoms with Crippen molar-refractivity contribution >= 4 is 11.6 Å². The number of aryl methyl sites for hydroxylation is 1. The first-order chi connectivity index (χ1) is 16.0. The Kier molecular flexibility index (Phi) is 6.68. The third-order valence-electron chi connectivity index (χ3n) is 4.91. The molecule has 2 aromatic carbocycles. The predicted molar refractivity (Wildman–Crippen MR) is 123 cm³/mol. The molecule has 1 unspecified atom stereocenters. The van der Waals surface area contributed by atoms with Gasteiger partial charge in [-0.15, -0.1) is 15.3 Å². The number of nitrogens with zero attached hydrogens (tertiary/aromatic N) is 4. The number of nitrogens with one attached hydrogen (secondary N) is 1. The van der Waals surface area contributed by atoms with Crippen LogP contribution in [0, 0.1) is 6.92 Å². The molecule has 2 aromatic heterocycles. The van der Waals surface area contributed by atoms with Crippen LogP contribution in [0.1, 0.15) is 12.5 Å². The standard InChI is InChI=1S/C24H25N5O4/c1-16-9-10-19(20(15-16)31-3)33-17(2)24(30)25-13-14-32-22-12-11-21-26-27-23(29(21)28-22)18-7-5-4-6-8-18/h4-12,15,17H,13-14H2,1-3H3,(H,25,30). The smallest absolute Gasteiger partial charge is 0.260 e. The Balaban J connectivity index is 1.31. The van der Waals surface area contributed by atoms with Gasteiger partial charge in [-0.2, -0.15) is 4.52 Å². The Morgan fingerprint density at radius 1 is 1.06 bits per heavy atom. The molecule has 2 heterocycles. The maximum absolute atomic E-state index is 12.4. The van der Waals surface area contributed by atoms with Crippen molar-refractivity contribution < 1.29 is 19.0 Å². The number of benzene rings is 2. The maximum Gasteiger partial charge on any atom is 0.260 e. The first kappa shape index (κ1) is 22.1. The van der Waals surface area contributed by atoms with Crippen LogP contribution in [0.25, 0.3) is 17.0 Å². The van der Waals surface area contributed by atoms with E-state index < -0.39 is 6.10 Å². The fourth-order valence-corrected chi connectivity index (χ4v) is 3.21. The third kappa shape index (κ3) is 5.20. The summed E-state index contributed by atoms with van der Waals surface area (Å²) < 4.78 is 18.4. The second-order valence-corrected chi connectivity index (χ2v) is 7.39. The van der Waals surface area contributed by atoms with Crippen molar-refractivity contribution in [3.63, 3.8) is 0 Å². The van der Waals surface area contributed by atoms with Gasteiger partial charge in [0.2, 0.25) is 5.88 Å². The van der Waals surface area contributed by atoms with E-state index in [2.05, 4.69) is 20.6 Å². The second-order valence-electron chi connectivity index (χ2n) is 7.39. The Morgan fingerprint density at radius 3 is 2.67 bits per heavy atom. The van der Waals surface area contributed by atoms with E-state index in [1.807, 2.05) is 49.4 Å². The number of aromatic nitrogens is 4. The first-order valence-electron chi connectivity index (χ1n) is 10.5. The first-order valence-corrected chi connectivity index (χ1v) is 10.5. The van der Waals surface area contributed by atoms with Gasteiger partial charge < -0.3 is 19.5 Å². The largest absolute Gasteiger partial charge is 0.493 e. The number of rotatable bonds is 9. The number of fused-ring (bicyclic) bond motifs is 1. The average Bonchev–Trinajstić information content (AvgIpc) is 3.26. The van der Waals surface area contributed by atoms with Gasteiger partial charge in [0, 0.05) is 11.6 Å². The molecule has 0 aliphatic carbocycles. The molecule has 33 heavy (non-hydrogen) atoms. The van der Waals surface area contributed by atoms with E-state index in [4.69, 9.17) is 14.2 Å². The van der Waals surface area contributed by atoms with Crippen LogP contribution < -0.4 is 19.5 Å². The monoisotopic (exact) mass is 447 g/mol. The van der Waals surface area contributed by atoms with Crippen molar-refractivity contribution in [2.45, 2.75) is 20.0 Å². The van der Waals surface area contributed by atoms with Crippen molar-refractivity contribution in [3.8, 4) is 28.8 Å². The molecule has 1 N–H and O–H groups in total. The van der Waals surface area contributed by atoms with Crippen molar-refractivity contribution in [1.29, 1.82) is 0 Å². The molecule has 1 amide bonds. The summed E-state index contributed by atoms with van der Waals surface area (Å²) in [6.45, 7) is 4.18. The molecule has 170 valence electrons. The highest BCUT2D eigenvalue weighted by molar-refractivity contribution is 5.80. The van der Waals surface area contributed by atoms with E-state index in [9.17, 15) is 4.79 Å². The summed E-state index contributed by atoms with van der Waals surface area (Å²) >= 11 is 0. The lowest BCUT2D eigenvalue weighted by molar-refractivity contribution is -0.127. The highest BCUT2D eigenvalue weighted by Crippen LogP contribution is 2.28. The van der Waals surface area contributed by atoms with Crippen molar-refractivity contribution in [2.24, 2.45) is 0 Å². The van der Waals surface area contributed by atoms with Gasteiger partial charge in [0.25, 0.3) is 5.91 Å². The van der Waals surface area contributed by atoms with E-state index >= 15 is 0 Å². The fourth-order valence-electron chi connectivity index (χ4n) is 3.21. The number of ether oxygens (including phenoxy) is 3. The molecule has 9 nitrogen and oxygen atoms in total. The lowest BCUT2D eigenvalue weighted by Crippen LogP contribution is -2.38. The van der Waals surface area contributed by atoms with Gasteiger partial charge in [0.15, 0.2) is 29.1 Å². The second kappa shape index (κ2) is 9.99. The van der Waals surface area contributed by atoms with Crippen LogP contribution in [0.4, 0.5) is 0 Å². The zero-order chi connectivity index (χ0) is 23.2. The van der Waals surface area contributed by atoms with Gasteiger partial charge in [-0.1, -0.05) is 36.4 Å². The summed E-state index contributed by atoms with van der Waals surface area (Å²) in [5.74, 6) is 1.88. The Bertz CT molecular complexity index is 1240. The number of methoxy groups -OCH3 is 1. The van der Waals surface area contributed by atoms with Crippen molar-refractivity contribution in [1.82, 2.24) is 25.1 Å². The Labute approximate surface area is 191 Å². The minimum Gasteiger partial charge on any atom is -0.493 e. The topological polar surface area (TPSA) is 99.9 Å². The minimum atomic E-state index is -0.693. The van der Waals surface area contributed by atoms with Crippen molar-refractivity contribution in [2.75, 3.05) is 20.3 Å². The van der Waals surface area contributed by atoms with E-state index in [0.717, 1.165) is 11.1 Å². The van der Waals surface area contributed by atoms with Crippen LogP contribution in [0.2, 0.25) is 0 Å². The van der Waals surface area contributed by atoms with Crippen LogP contribution in [0.3, 0.4) is 0 Å². The molecular weight excluding hydrogens is 422 g/mol. The SMILES string of the molecule is COc1cc(C)ccc1OC(C)C(=O)NCCOc1ccc2nnc(-c3ccccc3)n2n1. The van der Waals surface area contributed by atoms with Gasteiger partial charge in [0.1, 0.15) is 6.61 Å². The molecule has 1 atom stereocenters. The molecule has 4 rings (SSSR count). The molecule has 0 spiro atoms. The quantitative estimate of drug-likeness (QED) is 0.394. The number of carbonyl (C=O) groups excluding carboxylic acids is 1. The van der Waals surface area contributed by atoms with Crippen molar-refractivity contribution in [3.05, 3.63) is 66.2 Å². The number of amides is 1. The zero-order valence-electron chi connectivity index (χ0n) is 18.7. The van der Waals surface area contributed by atoms with E-state index in [-0.39, 0.29) is 12.5 Å². The summed E-state index contributed by atoms with van der Waals surface area (Å²) in [5, 5.41) is 15.6. The van der Waals surface area contributed by atoms with Gasteiger partial charge >= 0.3 is 0 Å². The van der Waals surface area contributed by atoms with E-state index in [0.29, 0.717) is 35.4 Å². The van der Waals surface area contributed by atoms with E-state index in [1.165, 1.54) is 0 Å². The van der Waals surface area contributed by atoms with Crippen LogP contribution in [0.5, 0.6) is 17.4 Å². The highest BCUT2D eigenvalue weighted by atomic mass is 16.5. The summed E-state index contributed by atoms with van der Waals surface area (Å²) in [6, 6.07) is 18.7. The van der Waals surface area contributed by atoms with Crippen LogP contribution >= 0.6 is 0 Å². The van der Waals surface area contributed by atoms with Crippen LogP contribution in [-0.2, 0) is 4.79 Å². The zero-order valence-corrected chi connectivity index (χ0v) is 18.7. The van der Waals surface area contributed by atoms with Gasteiger partial charge in [-0.05, 0) is 37.6 Å². The normalized spacial score (nSPS) is 11.7. The van der Waals surface area contributed by atoms with Crippen LogP contribution in [-0.4, -0.2) is 52.1 Å². The summed E-state index contributed by atoms with van der Waals surface area (Å²) in [4.78, 5) is 12.4. The predicted octanol–water partition coefficient (Wildman–Crippen LogP) is 3.07. The number of carbonyl (C=O) groups is 1. The molecule has 0 saturated carbocycles. The summed E-state index contributed by atoms with van der Waals surface area (Å²) in [7, 11) is 1.57. The molecule has 0 bridgehead atoms. The molecule has 9 heteroatoms. The van der Waals surface area contributed by atoms with Crippen LogP contribution in [0.15, 0.2) is 60.7 Å². The van der Waals surface area contributed by atoms with E-state index in [1.54, 1.807) is 36.7 Å². The molecule has 0 radical (unpaired) electrons. The lowest BCUT2D eigenvalue weighted by atomic mass is 10.2. The fraction of sp³-hybridized carbons (Fsp3) is 0.250. The van der Waals surface area contributed by atoms with Gasteiger partial charge in [-0.3, -0.25) is 4.79 Å². The Hall–Kier alpha value is -4.14. The summed E-state index contributed by atoms with van der Waals surface area (Å²) in [6.07, 6.45) is -0.693. The molecule has 0 aliphatic heterocycles. The summed E-state index contributed by atoms with van der Waals surface area (Å²) in [5.41, 5.74) is 2.57. The molecule has 0 saturated heterocycles. The molecule has 4 aromatic rings. The highest BCUT2D eigenvalue weighted by Gasteiger charge is 2.17. The number of hydrogen-bond acceptors (Lipinski definition) is 7. The average molecular weight is 447 g/mol. The lowest BCUT2D eigenvalue weighted by Gasteiger charge is -2.17. The van der Waals surface area contributed by atoms with Gasteiger partial charge in [-0.25, -0.2) is 0 Å². The molecule has 0 fully saturated rings. The molecule has 0 aliphatic rings. The maximum atomic E-state index is 12.4. The van der Waals surface area contributed by atoms with Gasteiger partial charge in [0.05, 0.1) is 13.7 Å². The number of hydrogen-bond donors (Lipinski definition) is 1. The third-order valence-corrected chi connectivity index (χ3v) is 4.91. The Morgan fingerprint density at radius 2 is 1.88 bits per heavy atom. The minimum absolute atomic E-state index is 0.244. The molecular formula is C24H25N5O4.